The van der Waals surface area contributed by atoms with Crippen LogP contribution in [-0.4, -0.2) is 54.7 Å². The Bertz CT molecular complexity index is 640. The van der Waals surface area contributed by atoms with E-state index in [0.717, 1.165) is 19.4 Å². The van der Waals surface area contributed by atoms with E-state index in [-0.39, 0.29) is 11.6 Å². The number of hydrogen-bond acceptors (Lipinski definition) is 5. The van der Waals surface area contributed by atoms with Crippen molar-refractivity contribution < 1.29 is 8.42 Å². The van der Waals surface area contributed by atoms with E-state index in [1.165, 1.54) is 27.5 Å². The molecule has 0 radical (unpaired) electrons. The molecule has 2 rings (SSSR count). The molecule has 0 aromatic carbocycles. The Labute approximate surface area is 118 Å². The summed E-state index contributed by atoms with van der Waals surface area (Å²) in [6.45, 7) is 1.35. The number of sulfonamides is 1. The lowest BCUT2D eigenvalue weighted by atomic mass is 10.1. The predicted molar refractivity (Wildman–Crippen MR) is 77.3 cm³/mol. The maximum absolute atomic E-state index is 11.6. The predicted octanol–water partition coefficient (Wildman–Crippen LogP) is -0.359. The van der Waals surface area contributed by atoms with Crippen molar-refractivity contribution in [1.29, 1.82) is 0 Å². The Kier molecular flexibility index (Phi) is 4.14. The molecular weight excluding hydrogens is 280 g/mol. The highest BCUT2D eigenvalue weighted by molar-refractivity contribution is 7.88. The number of rotatable bonds is 3. The van der Waals surface area contributed by atoms with Crippen LogP contribution in [0.1, 0.15) is 12.8 Å². The Morgan fingerprint density at radius 1 is 1.45 bits per heavy atom. The molecule has 2 heterocycles. The molecule has 112 valence electrons. The van der Waals surface area contributed by atoms with Crippen LogP contribution in [0.4, 0.5) is 5.82 Å². The van der Waals surface area contributed by atoms with Crippen molar-refractivity contribution in [3.8, 4) is 0 Å². The van der Waals surface area contributed by atoms with Crippen LogP contribution in [0.15, 0.2) is 17.2 Å². The summed E-state index contributed by atoms with van der Waals surface area (Å²) in [7, 11) is 0.0440. The largest absolute Gasteiger partial charge is 0.355 e. The van der Waals surface area contributed by atoms with Gasteiger partial charge in [-0.05, 0) is 12.8 Å². The standard InChI is InChI=1S/C12H20N4O3S/c1-14-9-13-11(7-12(14)17)16-6-4-5-10(8-16)15(2)20(3,18)19/h7,9-10H,4-6,8H2,1-3H3. The van der Waals surface area contributed by atoms with Gasteiger partial charge in [0.1, 0.15) is 5.82 Å². The molecule has 1 aromatic rings. The topological polar surface area (TPSA) is 75.5 Å². The number of piperidine rings is 1. The van der Waals surface area contributed by atoms with E-state index in [1.54, 1.807) is 14.1 Å². The van der Waals surface area contributed by atoms with E-state index in [0.29, 0.717) is 12.4 Å². The molecule has 1 aliphatic rings. The van der Waals surface area contributed by atoms with E-state index in [1.807, 2.05) is 4.90 Å². The van der Waals surface area contributed by atoms with E-state index in [9.17, 15) is 13.2 Å². The molecule has 0 amide bonds. The first-order valence-corrected chi connectivity index (χ1v) is 8.34. The fraction of sp³-hybridized carbons (Fsp3) is 0.667. The fourth-order valence-electron chi connectivity index (χ4n) is 2.36. The molecule has 0 N–H and O–H groups in total. The van der Waals surface area contributed by atoms with E-state index < -0.39 is 10.0 Å². The minimum Gasteiger partial charge on any atom is -0.355 e. The maximum Gasteiger partial charge on any atom is 0.255 e. The molecule has 1 saturated heterocycles. The number of nitrogens with zero attached hydrogens (tertiary/aromatic N) is 4. The van der Waals surface area contributed by atoms with Gasteiger partial charge in [-0.25, -0.2) is 17.7 Å². The number of aromatic nitrogens is 2. The summed E-state index contributed by atoms with van der Waals surface area (Å²) in [5, 5.41) is 0. The van der Waals surface area contributed by atoms with Gasteiger partial charge in [0.05, 0.1) is 12.6 Å². The molecular formula is C12H20N4O3S. The van der Waals surface area contributed by atoms with Gasteiger partial charge in [0, 0.05) is 39.3 Å². The summed E-state index contributed by atoms with van der Waals surface area (Å²) < 4.78 is 26.0. The van der Waals surface area contributed by atoms with Gasteiger partial charge in [-0.1, -0.05) is 0 Å². The van der Waals surface area contributed by atoms with Gasteiger partial charge in [0.15, 0.2) is 0 Å². The van der Waals surface area contributed by atoms with Crippen molar-refractivity contribution in [2.45, 2.75) is 18.9 Å². The average molecular weight is 300 g/mol. The molecule has 1 aromatic heterocycles. The molecule has 8 heteroatoms. The zero-order valence-electron chi connectivity index (χ0n) is 12.0. The average Bonchev–Trinajstić information content (AvgIpc) is 2.40. The van der Waals surface area contributed by atoms with E-state index in [4.69, 9.17) is 0 Å². The molecule has 1 atom stereocenters. The van der Waals surface area contributed by atoms with Gasteiger partial charge in [0.2, 0.25) is 10.0 Å². The molecule has 0 saturated carbocycles. The number of anilines is 1. The first-order chi connectivity index (χ1) is 9.29. The minimum absolute atomic E-state index is 0.0791. The van der Waals surface area contributed by atoms with Crippen LogP contribution < -0.4 is 10.5 Å². The molecule has 7 nitrogen and oxygen atoms in total. The number of hydrogen-bond donors (Lipinski definition) is 0. The first-order valence-electron chi connectivity index (χ1n) is 6.49. The lowest BCUT2D eigenvalue weighted by molar-refractivity contribution is 0.321. The highest BCUT2D eigenvalue weighted by atomic mass is 32.2. The summed E-state index contributed by atoms with van der Waals surface area (Å²) in [5.74, 6) is 0.611. The fourth-order valence-corrected chi connectivity index (χ4v) is 3.07. The Balaban J connectivity index is 2.18. The van der Waals surface area contributed by atoms with Gasteiger partial charge in [0.25, 0.3) is 5.56 Å². The van der Waals surface area contributed by atoms with Crippen LogP contribution in [0, 0.1) is 0 Å². The van der Waals surface area contributed by atoms with Crippen molar-refractivity contribution in [2.24, 2.45) is 7.05 Å². The molecule has 0 spiro atoms. The van der Waals surface area contributed by atoms with Crippen LogP contribution >= 0.6 is 0 Å². The molecule has 0 aliphatic carbocycles. The quantitative estimate of drug-likeness (QED) is 0.762. The summed E-state index contributed by atoms with van der Waals surface area (Å²) >= 11 is 0. The summed E-state index contributed by atoms with van der Waals surface area (Å²) in [4.78, 5) is 17.9. The van der Waals surface area contributed by atoms with E-state index in [2.05, 4.69) is 4.98 Å². The van der Waals surface area contributed by atoms with Crippen LogP contribution in [0.3, 0.4) is 0 Å². The third-order valence-corrected chi connectivity index (χ3v) is 5.07. The highest BCUT2D eigenvalue weighted by Gasteiger charge is 2.28. The molecule has 20 heavy (non-hydrogen) atoms. The zero-order chi connectivity index (χ0) is 14.9. The number of aryl methyl sites for hydroxylation is 1. The molecule has 1 fully saturated rings. The van der Waals surface area contributed by atoms with E-state index >= 15 is 0 Å². The Morgan fingerprint density at radius 3 is 2.75 bits per heavy atom. The van der Waals surface area contributed by atoms with Crippen molar-refractivity contribution >= 4 is 15.8 Å². The van der Waals surface area contributed by atoms with Gasteiger partial charge in [-0.3, -0.25) is 4.79 Å². The smallest absolute Gasteiger partial charge is 0.255 e. The zero-order valence-corrected chi connectivity index (χ0v) is 12.8. The lowest BCUT2D eigenvalue weighted by Gasteiger charge is -2.37. The summed E-state index contributed by atoms with van der Waals surface area (Å²) in [5.41, 5.74) is -0.117. The van der Waals surface area contributed by atoms with Crippen LogP contribution in [0.5, 0.6) is 0 Å². The molecule has 1 unspecified atom stereocenters. The second-order valence-electron chi connectivity index (χ2n) is 5.22. The first kappa shape index (κ1) is 15.0. The monoisotopic (exact) mass is 300 g/mol. The van der Waals surface area contributed by atoms with Crippen molar-refractivity contribution in [2.75, 3.05) is 31.3 Å². The van der Waals surface area contributed by atoms with Crippen molar-refractivity contribution in [3.05, 3.63) is 22.7 Å². The van der Waals surface area contributed by atoms with Crippen LogP contribution in [-0.2, 0) is 17.1 Å². The highest BCUT2D eigenvalue weighted by Crippen LogP contribution is 2.20. The summed E-state index contributed by atoms with van der Waals surface area (Å²) in [6.07, 6.45) is 4.40. The maximum atomic E-state index is 11.6. The third kappa shape index (κ3) is 3.18. The Morgan fingerprint density at radius 2 is 2.15 bits per heavy atom. The lowest BCUT2D eigenvalue weighted by Crippen LogP contribution is -2.48. The van der Waals surface area contributed by atoms with Gasteiger partial charge in [-0.15, -0.1) is 0 Å². The van der Waals surface area contributed by atoms with Gasteiger partial charge < -0.3 is 9.47 Å². The minimum atomic E-state index is -3.20. The normalized spacial score (nSPS) is 20.4. The van der Waals surface area contributed by atoms with Crippen molar-refractivity contribution in [3.63, 3.8) is 0 Å². The number of likely N-dealkylation sites (N-methyl/N-ethyl adjacent to an activating group) is 1. The van der Waals surface area contributed by atoms with Crippen LogP contribution in [0.25, 0.3) is 0 Å². The van der Waals surface area contributed by atoms with Gasteiger partial charge in [-0.2, -0.15) is 0 Å². The van der Waals surface area contributed by atoms with Crippen molar-refractivity contribution in [1.82, 2.24) is 13.9 Å². The van der Waals surface area contributed by atoms with Gasteiger partial charge >= 0.3 is 0 Å². The summed E-state index contributed by atoms with van der Waals surface area (Å²) in [6, 6.07) is 1.41. The SMILES string of the molecule is CN(C1CCCN(c2cc(=O)n(C)cn2)C1)S(C)(=O)=O. The molecule has 0 bridgehead atoms. The molecule has 1 aliphatic heterocycles. The second kappa shape index (κ2) is 5.53. The third-order valence-electron chi connectivity index (χ3n) is 3.72. The van der Waals surface area contributed by atoms with Crippen LogP contribution in [0.2, 0.25) is 0 Å². The Hall–Kier alpha value is -1.41. The second-order valence-corrected chi connectivity index (χ2v) is 7.26.